The van der Waals surface area contributed by atoms with Crippen LogP contribution in [-0.4, -0.2) is 27.7 Å². The van der Waals surface area contributed by atoms with Crippen molar-refractivity contribution in [2.75, 3.05) is 17.2 Å². The smallest absolute Gasteiger partial charge is 0.273 e. The molecule has 1 unspecified atom stereocenters. The quantitative estimate of drug-likeness (QED) is 0.632. The Morgan fingerprint density at radius 1 is 1.15 bits per heavy atom. The Kier molecular flexibility index (Phi) is 4.05. The Bertz CT molecular complexity index is 912. The van der Waals surface area contributed by atoms with Gasteiger partial charge in [0.25, 0.3) is 5.82 Å². The van der Waals surface area contributed by atoms with Gasteiger partial charge in [0.2, 0.25) is 11.6 Å². The molecule has 3 N–H and O–H groups in total. The first-order valence-electron chi connectivity index (χ1n) is 8.67. The second kappa shape index (κ2) is 6.38. The highest BCUT2D eigenvalue weighted by molar-refractivity contribution is 5.62. The third kappa shape index (κ3) is 2.78. The lowest BCUT2D eigenvalue weighted by atomic mass is 9.96. The summed E-state index contributed by atoms with van der Waals surface area (Å²) in [6.07, 6.45) is 3.48. The largest absolute Gasteiger partial charge is 0.393 e. The number of anilines is 3. The first-order valence-corrected chi connectivity index (χ1v) is 8.67. The zero-order valence-corrected chi connectivity index (χ0v) is 14.8. The van der Waals surface area contributed by atoms with E-state index >= 15 is 0 Å². The Morgan fingerprint density at radius 3 is 2.58 bits per heavy atom. The van der Waals surface area contributed by atoms with Gasteiger partial charge in [-0.15, -0.1) is 0 Å². The topological polar surface area (TPSA) is 73.9 Å². The first kappa shape index (κ1) is 16.5. The molecule has 4 rings (SSSR count). The highest BCUT2D eigenvalue weighted by atomic mass is 16.3. The van der Waals surface area contributed by atoms with E-state index in [4.69, 9.17) is 4.98 Å². The zero-order chi connectivity index (χ0) is 18.1. The predicted octanol–water partition coefficient (Wildman–Crippen LogP) is 2.70. The van der Waals surface area contributed by atoms with Crippen LogP contribution in [0.25, 0.3) is 11.4 Å². The van der Waals surface area contributed by atoms with Crippen LogP contribution in [0, 0.1) is 0 Å². The van der Waals surface area contributed by atoms with Gasteiger partial charge in [-0.3, -0.25) is 10.3 Å². The van der Waals surface area contributed by atoms with Gasteiger partial charge in [-0.05, 0) is 38.1 Å². The lowest BCUT2D eigenvalue weighted by molar-refractivity contribution is -0.728. The second-order valence-corrected chi connectivity index (χ2v) is 6.95. The average Bonchev–Trinajstić information content (AvgIpc) is 2.93. The Labute approximate surface area is 152 Å². The molecule has 2 aromatic heterocycles. The number of nitrogens with one attached hydrogen (secondary N) is 2. The molecule has 6 heteroatoms. The normalized spacial score (nSPS) is 17.4. The summed E-state index contributed by atoms with van der Waals surface area (Å²) in [5, 5.41) is 16.6. The molecule has 0 saturated carbocycles. The fourth-order valence-electron chi connectivity index (χ4n) is 3.40. The van der Waals surface area contributed by atoms with Crippen molar-refractivity contribution < 1.29 is 9.67 Å². The van der Waals surface area contributed by atoms with E-state index < -0.39 is 0 Å². The minimum atomic E-state index is -0.308. The van der Waals surface area contributed by atoms with E-state index in [9.17, 15) is 5.11 Å². The van der Waals surface area contributed by atoms with Crippen molar-refractivity contribution in [3.8, 4) is 11.4 Å². The minimum Gasteiger partial charge on any atom is -0.393 e. The maximum atomic E-state index is 9.82. The van der Waals surface area contributed by atoms with Gasteiger partial charge >= 0.3 is 0 Å². The number of aromatic nitrogens is 3. The van der Waals surface area contributed by atoms with E-state index in [1.165, 1.54) is 0 Å². The third-order valence-electron chi connectivity index (χ3n) is 4.87. The molecule has 3 aromatic rings. The van der Waals surface area contributed by atoms with E-state index in [0.29, 0.717) is 0 Å². The monoisotopic (exact) mass is 348 g/mol. The first-order chi connectivity index (χ1) is 12.6. The number of aliphatic hydroxyl groups is 1. The summed E-state index contributed by atoms with van der Waals surface area (Å²) < 4.78 is 2.17. The number of hydrogen-bond acceptors (Lipinski definition) is 5. The van der Waals surface area contributed by atoms with Crippen LogP contribution in [0.4, 0.5) is 17.3 Å². The number of nitrogens with zero attached hydrogens (tertiary/aromatic N) is 3. The van der Waals surface area contributed by atoms with Gasteiger partial charge in [-0.25, -0.2) is 4.57 Å². The van der Waals surface area contributed by atoms with Crippen LogP contribution in [0.3, 0.4) is 0 Å². The Morgan fingerprint density at radius 2 is 1.88 bits per heavy atom. The molecule has 132 valence electrons. The molecule has 0 bridgehead atoms. The van der Waals surface area contributed by atoms with Crippen LogP contribution < -0.4 is 15.2 Å². The Balaban J connectivity index is 1.86. The SMILES string of the molecule is CC1(C)C(CO)Nc2cc(Nc3ccncc3)nc(-c3ccccc3)[n+]21. The van der Waals surface area contributed by atoms with Crippen LogP contribution >= 0.6 is 0 Å². The van der Waals surface area contributed by atoms with Gasteiger partial charge < -0.3 is 10.4 Å². The third-order valence-corrected chi connectivity index (χ3v) is 4.87. The predicted molar refractivity (Wildman–Crippen MR) is 101 cm³/mol. The molecular formula is C20H22N5O+. The van der Waals surface area contributed by atoms with E-state index in [2.05, 4.69) is 34.0 Å². The molecule has 0 amide bonds. The van der Waals surface area contributed by atoms with Crippen molar-refractivity contribution in [1.82, 2.24) is 9.97 Å². The fraction of sp³-hybridized carbons (Fsp3) is 0.250. The summed E-state index contributed by atoms with van der Waals surface area (Å²) in [6.45, 7) is 4.28. The van der Waals surface area contributed by atoms with Crippen molar-refractivity contribution in [2.45, 2.75) is 25.4 Å². The maximum absolute atomic E-state index is 9.82. The molecule has 0 aliphatic carbocycles. The summed E-state index contributed by atoms with van der Waals surface area (Å²) in [5.41, 5.74) is 1.64. The number of rotatable bonds is 4. The number of pyridine rings is 1. The summed E-state index contributed by atoms with van der Waals surface area (Å²) >= 11 is 0. The average molecular weight is 348 g/mol. The van der Waals surface area contributed by atoms with Gasteiger partial charge in [0.05, 0.1) is 18.2 Å². The standard InChI is InChI=1S/C20H21N5O/c1-20(2)16(13-26)23-18-12-17(22-15-8-10-21-11-9-15)24-19(25(18)20)14-6-4-3-5-7-14/h3-12,16,26H,13H2,1-2H3,(H,21,22,23)/p+1. The fourth-order valence-corrected chi connectivity index (χ4v) is 3.40. The lowest BCUT2D eigenvalue weighted by Gasteiger charge is -2.23. The molecule has 1 aromatic carbocycles. The minimum absolute atomic E-state index is 0.0516. The van der Waals surface area contributed by atoms with Gasteiger partial charge in [-0.2, -0.15) is 0 Å². The molecule has 0 saturated heterocycles. The highest BCUT2D eigenvalue weighted by Crippen LogP contribution is 2.31. The molecule has 1 atom stereocenters. The molecular weight excluding hydrogens is 326 g/mol. The second-order valence-electron chi connectivity index (χ2n) is 6.95. The van der Waals surface area contributed by atoms with Crippen LogP contribution in [0.15, 0.2) is 60.9 Å². The maximum Gasteiger partial charge on any atom is 0.273 e. The van der Waals surface area contributed by atoms with Crippen molar-refractivity contribution in [1.29, 1.82) is 0 Å². The van der Waals surface area contributed by atoms with Crippen molar-refractivity contribution >= 4 is 17.3 Å². The number of fused-ring (bicyclic) bond motifs is 1. The number of benzene rings is 1. The zero-order valence-electron chi connectivity index (χ0n) is 14.8. The van der Waals surface area contributed by atoms with Gasteiger partial charge in [-0.1, -0.05) is 23.2 Å². The van der Waals surface area contributed by atoms with E-state index in [-0.39, 0.29) is 18.2 Å². The van der Waals surface area contributed by atoms with Crippen LogP contribution in [0.1, 0.15) is 13.8 Å². The number of aliphatic hydroxyl groups excluding tert-OH is 1. The summed E-state index contributed by atoms with van der Waals surface area (Å²) in [7, 11) is 0. The van der Waals surface area contributed by atoms with Gasteiger partial charge in [0.1, 0.15) is 11.6 Å². The van der Waals surface area contributed by atoms with Crippen molar-refractivity contribution in [3.05, 3.63) is 60.9 Å². The Hall–Kier alpha value is -2.99. The van der Waals surface area contributed by atoms with Crippen LogP contribution in [0.2, 0.25) is 0 Å². The molecule has 1 aliphatic heterocycles. The number of hydrogen-bond donors (Lipinski definition) is 3. The van der Waals surface area contributed by atoms with Gasteiger partial charge in [0, 0.05) is 18.1 Å². The van der Waals surface area contributed by atoms with Gasteiger partial charge in [0.15, 0.2) is 0 Å². The summed E-state index contributed by atoms with van der Waals surface area (Å²) in [5.74, 6) is 2.52. The summed E-state index contributed by atoms with van der Waals surface area (Å²) in [6, 6.07) is 15.8. The molecule has 0 spiro atoms. The van der Waals surface area contributed by atoms with Crippen molar-refractivity contribution in [2.24, 2.45) is 0 Å². The molecule has 26 heavy (non-hydrogen) atoms. The van der Waals surface area contributed by atoms with Crippen molar-refractivity contribution in [3.63, 3.8) is 0 Å². The van der Waals surface area contributed by atoms with Crippen LogP contribution in [-0.2, 0) is 5.54 Å². The summed E-state index contributed by atoms with van der Waals surface area (Å²) in [4.78, 5) is 8.93. The van der Waals surface area contributed by atoms with E-state index in [0.717, 1.165) is 28.7 Å². The molecule has 6 nitrogen and oxygen atoms in total. The van der Waals surface area contributed by atoms with Crippen LogP contribution in [0.5, 0.6) is 0 Å². The highest BCUT2D eigenvalue weighted by Gasteiger charge is 2.46. The lowest BCUT2D eigenvalue weighted by Crippen LogP contribution is -2.56. The van der Waals surface area contributed by atoms with E-state index in [1.807, 2.05) is 48.5 Å². The molecule has 3 heterocycles. The van der Waals surface area contributed by atoms with E-state index in [1.54, 1.807) is 12.4 Å². The molecule has 1 aliphatic rings. The molecule has 0 fully saturated rings. The molecule has 0 radical (unpaired) electrons.